The summed E-state index contributed by atoms with van der Waals surface area (Å²) in [6.07, 6.45) is 1.58. The van der Waals surface area contributed by atoms with Crippen LogP contribution in [0.25, 0.3) is 0 Å². The van der Waals surface area contributed by atoms with E-state index >= 15 is 0 Å². The normalized spacial score (nSPS) is 10.2. The van der Waals surface area contributed by atoms with Gasteiger partial charge in [0, 0.05) is 17.3 Å². The van der Waals surface area contributed by atoms with Gasteiger partial charge in [0.05, 0.1) is 11.0 Å². The highest BCUT2D eigenvalue weighted by atomic mass is 79.9. The Morgan fingerprint density at radius 1 is 1.59 bits per heavy atom. The number of hydrazine groups is 1. The summed E-state index contributed by atoms with van der Waals surface area (Å²) >= 11 is 4.44. The fraction of sp³-hybridized carbons (Fsp3) is 0.125. The Kier molecular flexibility index (Phi) is 3.71. The van der Waals surface area contributed by atoms with E-state index in [-0.39, 0.29) is 4.87 Å². The van der Waals surface area contributed by atoms with Crippen LogP contribution in [0.3, 0.4) is 0 Å². The Labute approximate surface area is 109 Å². The van der Waals surface area contributed by atoms with Gasteiger partial charge in [0.25, 0.3) is 0 Å². The number of anilines is 2. The summed E-state index contributed by atoms with van der Waals surface area (Å²) in [6.45, 7) is 0.471. The van der Waals surface area contributed by atoms with Crippen molar-refractivity contribution >= 4 is 39.0 Å². The second-order valence-electron chi connectivity index (χ2n) is 3.06. The number of hydrogen-bond acceptors (Lipinski definition) is 7. The molecule has 90 valence electrons. The van der Waals surface area contributed by atoms with Gasteiger partial charge in [0.1, 0.15) is 5.82 Å². The van der Waals surface area contributed by atoms with Crippen molar-refractivity contribution in [1.82, 2.24) is 15.0 Å². The van der Waals surface area contributed by atoms with Crippen molar-refractivity contribution in [2.75, 3.05) is 10.7 Å². The van der Waals surface area contributed by atoms with Crippen molar-refractivity contribution in [3.63, 3.8) is 0 Å². The van der Waals surface area contributed by atoms with Gasteiger partial charge in [-0.3, -0.25) is 10.2 Å². The van der Waals surface area contributed by atoms with E-state index in [1.54, 1.807) is 11.6 Å². The predicted octanol–water partition coefficient (Wildman–Crippen LogP) is 0.887. The molecular formula is C8H9BrN6OS. The molecule has 0 bridgehead atoms. The smallest absolute Gasteiger partial charge is 0.304 e. The van der Waals surface area contributed by atoms with Crippen molar-refractivity contribution in [2.24, 2.45) is 5.84 Å². The van der Waals surface area contributed by atoms with E-state index in [0.717, 1.165) is 17.0 Å². The molecule has 0 atom stereocenters. The third-order valence-corrected chi connectivity index (χ3v) is 3.19. The van der Waals surface area contributed by atoms with Crippen LogP contribution in [0, 0.1) is 0 Å². The number of hydrogen-bond donors (Lipinski definition) is 4. The number of H-pyrrole nitrogens is 1. The molecule has 2 heterocycles. The molecule has 0 fully saturated rings. The molecule has 0 aliphatic rings. The molecule has 0 radical (unpaired) electrons. The van der Waals surface area contributed by atoms with Crippen molar-refractivity contribution in [3.05, 3.63) is 31.4 Å². The molecule has 0 saturated heterocycles. The zero-order valence-corrected chi connectivity index (χ0v) is 10.9. The zero-order valence-electron chi connectivity index (χ0n) is 8.53. The molecule has 2 rings (SSSR count). The summed E-state index contributed by atoms with van der Waals surface area (Å²) < 4.78 is 0.717. The van der Waals surface area contributed by atoms with E-state index in [4.69, 9.17) is 5.84 Å². The van der Waals surface area contributed by atoms with Crippen LogP contribution in [0.5, 0.6) is 0 Å². The summed E-state index contributed by atoms with van der Waals surface area (Å²) in [5.74, 6) is 6.13. The standard InChI is InChI=1S/C8H9BrN6OS/c9-5-2-12-7(15-10)14-6(5)11-1-4-3-17-8(16)13-4/h2-3H,1,10H2,(H,13,16)(H2,11,12,14,15). The second kappa shape index (κ2) is 5.25. The minimum absolute atomic E-state index is 0.0760. The number of nitrogens with zero attached hydrogens (tertiary/aromatic N) is 2. The Morgan fingerprint density at radius 2 is 2.41 bits per heavy atom. The Hall–Kier alpha value is -1.45. The molecule has 0 aromatic carbocycles. The first-order valence-corrected chi connectivity index (χ1v) is 6.26. The fourth-order valence-electron chi connectivity index (χ4n) is 1.14. The number of rotatable bonds is 4. The monoisotopic (exact) mass is 316 g/mol. The highest BCUT2D eigenvalue weighted by Crippen LogP contribution is 2.20. The van der Waals surface area contributed by atoms with Crippen molar-refractivity contribution in [1.29, 1.82) is 0 Å². The molecule has 7 nitrogen and oxygen atoms in total. The van der Waals surface area contributed by atoms with Crippen LogP contribution in [0.1, 0.15) is 5.69 Å². The van der Waals surface area contributed by atoms with E-state index in [9.17, 15) is 4.79 Å². The summed E-state index contributed by atoms with van der Waals surface area (Å²) in [6, 6.07) is 0. The lowest BCUT2D eigenvalue weighted by Gasteiger charge is -2.07. The molecule has 9 heteroatoms. The van der Waals surface area contributed by atoms with E-state index < -0.39 is 0 Å². The van der Waals surface area contributed by atoms with Gasteiger partial charge in [-0.25, -0.2) is 10.8 Å². The molecule has 0 saturated carbocycles. The maximum atomic E-state index is 10.9. The van der Waals surface area contributed by atoms with Crippen LogP contribution in [0.2, 0.25) is 0 Å². The van der Waals surface area contributed by atoms with E-state index in [2.05, 4.69) is 41.6 Å². The number of nitrogens with one attached hydrogen (secondary N) is 3. The number of halogens is 1. The average Bonchev–Trinajstić information content (AvgIpc) is 2.74. The molecule has 0 aliphatic carbocycles. The molecule has 2 aromatic heterocycles. The van der Waals surface area contributed by atoms with Gasteiger partial charge in [-0.2, -0.15) is 4.98 Å². The van der Waals surface area contributed by atoms with Gasteiger partial charge in [-0.15, -0.1) is 0 Å². The number of thiazole rings is 1. The number of nitrogens with two attached hydrogens (primary N) is 1. The number of aromatic nitrogens is 3. The van der Waals surface area contributed by atoms with Crippen LogP contribution >= 0.6 is 27.3 Å². The van der Waals surface area contributed by atoms with Gasteiger partial charge < -0.3 is 10.3 Å². The van der Waals surface area contributed by atoms with Crippen molar-refractivity contribution < 1.29 is 0 Å². The van der Waals surface area contributed by atoms with E-state index in [1.165, 1.54) is 0 Å². The highest BCUT2D eigenvalue weighted by molar-refractivity contribution is 9.10. The zero-order chi connectivity index (χ0) is 12.3. The first-order chi connectivity index (χ1) is 8.19. The first-order valence-electron chi connectivity index (χ1n) is 4.59. The molecule has 5 N–H and O–H groups in total. The maximum Gasteiger partial charge on any atom is 0.304 e. The Balaban J connectivity index is 2.10. The SMILES string of the molecule is NNc1ncc(Br)c(NCc2csc(=O)[nH]2)n1. The van der Waals surface area contributed by atoms with Crippen LogP contribution in [-0.2, 0) is 6.54 Å². The summed E-state index contributed by atoms with van der Waals surface area (Å²) in [7, 11) is 0. The van der Waals surface area contributed by atoms with Gasteiger partial charge in [0.15, 0.2) is 0 Å². The topological polar surface area (TPSA) is 109 Å². The molecule has 17 heavy (non-hydrogen) atoms. The predicted molar refractivity (Wildman–Crippen MR) is 69.8 cm³/mol. The van der Waals surface area contributed by atoms with Gasteiger partial charge in [-0.1, -0.05) is 11.3 Å². The van der Waals surface area contributed by atoms with Crippen LogP contribution in [0.4, 0.5) is 11.8 Å². The van der Waals surface area contributed by atoms with E-state index in [0.29, 0.717) is 22.8 Å². The number of nitrogen functional groups attached to an aromatic ring is 1. The average molecular weight is 317 g/mol. The fourth-order valence-corrected chi connectivity index (χ4v) is 2.05. The lowest BCUT2D eigenvalue weighted by atomic mass is 10.4. The Morgan fingerprint density at radius 3 is 3.06 bits per heavy atom. The minimum Gasteiger partial charge on any atom is -0.363 e. The Bertz CT molecular complexity index is 567. The quantitative estimate of drug-likeness (QED) is 0.492. The lowest BCUT2D eigenvalue weighted by molar-refractivity contribution is 1.02. The highest BCUT2D eigenvalue weighted by Gasteiger charge is 2.04. The van der Waals surface area contributed by atoms with Gasteiger partial charge in [0.2, 0.25) is 5.95 Å². The van der Waals surface area contributed by atoms with Crippen LogP contribution in [0.15, 0.2) is 20.8 Å². The van der Waals surface area contributed by atoms with Crippen LogP contribution in [-0.4, -0.2) is 15.0 Å². The third-order valence-electron chi connectivity index (χ3n) is 1.89. The molecule has 0 amide bonds. The maximum absolute atomic E-state index is 10.9. The van der Waals surface area contributed by atoms with E-state index in [1.807, 2.05) is 0 Å². The summed E-state index contributed by atoms with van der Waals surface area (Å²) in [5, 5.41) is 4.82. The molecule has 2 aromatic rings. The molecule has 0 spiro atoms. The van der Waals surface area contributed by atoms with Crippen LogP contribution < -0.4 is 21.5 Å². The summed E-state index contributed by atoms with van der Waals surface area (Å²) in [5.41, 5.74) is 3.16. The molecule has 0 aliphatic heterocycles. The molecular weight excluding hydrogens is 308 g/mol. The first kappa shape index (κ1) is 12.0. The van der Waals surface area contributed by atoms with Crippen molar-refractivity contribution in [3.8, 4) is 0 Å². The lowest BCUT2D eigenvalue weighted by Crippen LogP contribution is -2.12. The minimum atomic E-state index is -0.0760. The summed E-state index contributed by atoms with van der Waals surface area (Å²) in [4.78, 5) is 21.6. The third kappa shape index (κ3) is 3.02. The van der Waals surface area contributed by atoms with Gasteiger partial charge >= 0.3 is 4.87 Å². The largest absolute Gasteiger partial charge is 0.363 e. The van der Waals surface area contributed by atoms with Crippen molar-refractivity contribution in [2.45, 2.75) is 6.54 Å². The molecule has 0 unspecified atom stereocenters. The second-order valence-corrected chi connectivity index (χ2v) is 4.76. The number of aromatic amines is 1. The van der Waals surface area contributed by atoms with Gasteiger partial charge in [-0.05, 0) is 15.9 Å².